The van der Waals surface area contributed by atoms with Gasteiger partial charge in [-0.3, -0.25) is 4.79 Å². The van der Waals surface area contributed by atoms with Gasteiger partial charge in [0.15, 0.2) is 15.8 Å². The fraction of sp³-hybridized carbons (Fsp3) is 0.136. The van der Waals surface area contributed by atoms with Gasteiger partial charge in [-0.2, -0.15) is 5.01 Å². The van der Waals surface area contributed by atoms with Gasteiger partial charge in [0.2, 0.25) is 0 Å². The normalized spacial score (nSPS) is 14.4. The summed E-state index contributed by atoms with van der Waals surface area (Å²) in [5.41, 5.74) is 4.42. The van der Waals surface area contributed by atoms with Crippen LogP contribution in [0.25, 0.3) is 6.08 Å². The first-order chi connectivity index (χ1) is 15.8. The molecule has 7 nitrogen and oxygen atoms in total. The first-order valence-corrected chi connectivity index (χ1v) is 11.4. The lowest BCUT2D eigenvalue weighted by atomic mass is 10.0. The number of thiocarbonyl (C=S) groups is 1. The van der Waals surface area contributed by atoms with Crippen molar-refractivity contribution in [3.05, 3.63) is 69.1 Å². The summed E-state index contributed by atoms with van der Waals surface area (Å²) in [4.78, 5) is 25.6. The Balaban J connectivity index is 1.79. The Bertz CT molecular complexity index is 1170. The van der Waals surface area contributed by atoms with Gasteiger partial charge in [0.1, 0.15) is 0 Å². The maximum absolute atomic E-state index is 12.9. The summed E-state index contributed by atoms with van der Waals surface area (Å²) >= 11 is 18.2. The summed E-state index contributed by atoms with van der Waals surface area (Å²) in [5, 5.41) is 4.22. The molecule has 11 heteroatoms. The number of urea groups is 1. The molecule has 33 heavy (non-hydrogen) atoms. The van der Waals surface area contributed by atoms with Gasteiger partial charge in [0.25, 0.3) is 5.91 Å². The molecule has 1 aliphatic rings. The molecule has 0 unspecified atom stereocenters. The van der Waals surface area contributed by atoms with Gasteiger partial charge >= 0.3 is 6.03 Å². The number of amides is 3. The van der Waals surface area contributed by atoms with E-state index in [4.69, 9.17) is 44.9 Å². The molecule has 1 saturated heterocycles. The van der Waals surface area contributed by atoms with Crippen LogP contribution >= 0.6 is 47.2 Å². The van der Waals surface area contributed by atoms with E-state index in [2.05, 4.69) is 17.3 Å². The number of ether oxygens (including phenoxy) is 2. The largest absolute Gasteiger partial charge is 0.493 e. The van der Waals surface area contributed by atoms with Crippen LogP contribution in [0.4, 0.5) is 10.5 Å². The third kappa shape index (κ3) is 5.80. The Labute approximate surface area is 210 Å². The van der Waals surface area contributed by atoms with Crippen LogP contribution in [0, 0.1) is 0 Å². The van der Waals surface area contributed by atoms with E-state index >= 15 is 0 Å². The lowest BCUT2D eigenvalue weighted by Gasteiger charge is -2.16. The second kappa shape index (κ2) is 10.9. The maximum Gasteiger partial charge on any atom is 0.338 e. The first-order valence-electron chi connectivity index (χ1n) is 9.43. The predicted molar refractivity (Wildman–Crippen MR) is 137 cm³/mol. The molecule has 1 fully saturated rings. The van der Waals surface area contributed by atoms with Crippen molar-refractivity contribution in [3.8, 4) is 11.5 Å². The summed E-state index contributed by atoms with van der Waals surface area (Å²) in [6, 6.07) is 7.58. The van der Waals surface area contributed by atoms with Crippen molar-refractivity contribution in [2.45, 2.75) is 6.42 Å². The van der Waals surface area contributed by atoms with Crippen LogP contribution in [-0.4, -0.2) is 35.5 Å². The Kier molecular flexibility index (Phi) is 8.25. The molecule has 2 aromatic rings. The fourth-order valence-electron chi connectivity index (χ4n) is 3.01. The second-order valence-corrected chi connectivity index (χ2v) is 9.11. The zero-order chi connectivity index (χ0) is 24.1. The number of rotatable bonds is 7. The molecule has 0 atom stereocenters. The van der Waals surface area contributed by atoms with Gasteiger partial charge in [-0.15, -0.1) is 6.58 Å². The van der Waals surface area contributed by atoms with Crippen LogP contribution in [0.5, 0.6) is 11.5 Å². The molecule has 1 heterocycles. The minimum atomic E-state index is -0.662. The Morgan fingerprint density at radius 1 is 1.21 bits per heavy atom. The number of hydrogen-bond acceptors (Lipinski definition) is 6. The SMILES string of the molecule is C=CCc1cc(/C=C2\SC(=S)N(NC(=O)Nc3ccc(Cl)c(Cl)c3)C2=O)cc(OC)c1OC. The molecular weight excluding hydrogens is 505 g/mol. The van der Waals surface area contributed by atoms with Crippen molar-refractivity contribution in [1.29, 1.82) is 0 Å². The van der Waals surface area contributed by atoms with Crippen LogP contribution < -0.4 is 20.2 Å². The van der Waals surface area contributed by atoms with Crippen molar-refractivity contribution in [2.75, 3.05) is 19.5 Å². The van der Waals surface area contributed by atoms with Crippen molar-refractivity contribution in [2.24, 2.45) is 0 Å². The van der Waals surface area contributed by atoms with Crippen molar-refractivity contribution in [3.63, 3.8) is 0 Å². The summed E-state index contributed by atoms with van der Waals surface area (Å²) in [6.45, 7) is 3.76. The molecule has 0 spiro atoms. The molecule has 1 aliphatic heterocycles. The number of nitrogens with one attached hydrogen (secondary N) is 2. The van der Waals surface area contributed by atoms with E-state index in [0.29, 0.717) is 39.1 Å². The summed E-state index contributed by atoms with van der Waals surface area (Å²) in [6.07, 6.45) is 3.97. The Morgan fingerprint density at radius 3 is 2.61 bits per heavy atom. The van der Waals surface area contributed by atoms with Crippen LogP contribution in [0.3, 0.4) is 0 Å². The molecule has 2 N–H and O–H groups in total. The molecular formula is C22H19Cl2N3O4S2. The lowest BCUT2D eigenvalue weighted by molar-refractivity contribution is -0.123. The smallest absolute Gasteiger partial charge is 0.338 e. The summed E-state index contributed by atoms with van der Waals surface area (Å²) in [5.74, 6) is 0.662. The monoisotopic (exact) mass is 523 g/mol. The van der Waals surface area contributed by atoms with Crippen LogP contribution in [0.15, 0.2) is 47.9 Å². The minimum Gasteiger partial charge on any atom is -0.493 e. The van der Waals surface area contributed by atoms with Crippen LogP contribution in [-0.2, 0) is 11.2 Å². The van der Waals surface area contributed by atoms with Gasteiger partial charge in [-0.05, 0) is 60.6 Å². The number of anilines is 1. The fourth-order valence-corrected chi connectivity index (χ4v) is 4.48. The highest BCUT2D eigenvalue weighted by Gasteiger charge is 2.33. The van der Waals surface area contributed by atoms with Gasteiger partial charge in [-0.1, -0.05) is 41.0 Å². The Morgan fingerprint density at radius 2 is 1.97 bits per heavy atom. The van der Waals surface area contributed by atoms with Gasteiger partial charge < -0.3 is 14.8 Å². The molecule has 0 saturated carbocycles. The van der Waals surface area contributed by atoms with E-state index in [1.807, 2.05) is 6.07 Å². The number of nitrogens with zero attached hydrogens (tertiary/aromatic N) is 1. The van der Waals surface area contributed by atoms with Gasteiger partial charge in [0, 0.05) is 11.3 Å². The maximum atomic E-state index is 12.9. The topological polar surface area (TPSA) is 79.9 Å². The number of benzene rings is 2. The number of halogens is 2. The highest BCUT2D eigenvalue weighted by molar-refractivity contribution is 8.26. The molecule has 0 aliphatic carbocycles. The number of allylic oxidation sites excluding steroid dienone is 1. The third-order valence-electron chi connectivity index (χ3n) is 4.42. The zero-order valence-corrected chi connectivity index (χ0v) is 20.8. The predicted octanol–water partition coefficient (Wildman–Crippen LogP) is 5.68. The second-order valence-electron chi connectivity index (χ2n) is 6.62. The molecule has 0 bridgehead atoms. The quantitative estimate of drug-likeness (QED) is 0.276. The molecule has 0 radical (unpaired) electrons. The van der Waals surface area contributed by atoms with Gasteiger partial charge in [-0.25, -0.2) is 10.2 Å². The number of methoxy groups -OCH3 is 2. The standard InChI is InChI=1S/C22H19Cl2N3O4S2/c1-4-5-13-8-12(9-17(30-2)19(13)31-3)10-18-20(28)27(22(32)33-18)26-21(29)25-14-6-7-15(23)16(24)11-14/h4,6-11H,1,5H2,2-3H3,(H2,25,26,29)/b18-10-. The number of hydrogen-bond donors (Lipinski definition) is 2. The molecule has 2 aromatic carbocycles. The first kappa shape index (κ1) is 24.9. The van der Waals surface area contributed by atoms with E-state index in [1.165, 1.54) is 13.2 Å². The van der Waals surface area contributed by atoms with Crippen LogP contribution in [0.1, 0.15) is 11.1 Å². The summed E-state index contributed by atoms with van der Waals surface area (Å²) in [7, 11) is 3.10. The number of thioether (sulfide) groups is 1. The van der Waals surface area contributed by atoms with E-state index in [1.54, 1.807) is 37.5 Å². The highest BCUT2D eigenvalue weighted by Crippen LogP contribution is 2.36. The average Bonchev–Trinajstić information content (AvgIpc) is 3.03. The lowest BCUT2D eigenvalue weighted by Crippen LogP contribution is -2.46. The Hall–Kier alpha value is -2.72. The highest BCUT2D eigenvalue weighted by atomic mass is 35.5. The average molecular weight is 524 g/mol. The summed E-state index contributed by atoms with van der Waals surface area (Å²) < 4.78 is 11.0. The van der Waals surface area contributed by atoms with E-state index in [9.17, 15) is 9.59 Å². The molecule has 0 aromatic heterocycles. The van der Waals surface area contributed by atoms with Crippen molar-refractivity contribution < 1.29 is 19.1 Å². The zero-order valence-electron chi connectivity index (χ0n) is 17.6. The van der Waals surface area contributed by atoms with Crippen molar-refractivity contribution >= 4 is 75.2 Å². The third-order valence-corrected chi connectivity index (χ3v) is 6.47. The van der Waals surface area contributed by atoms with Crippen LogP contribution in [0.2, 0.25) is 10.0 Å². The number of hydrazine groups is 1. The number of carbonyl (C=O) groups is 2. The van der Waals surface area contributed by atoms with E-state index < -0.39 is 11.9 Å². The van der Waals surface area contributed by atoms with E-state index in [-0.39, 0.29) is 9.34 Å². The van der Waals surface area contributed by atoms with E-state index in [0.717, 1.165) is 22.3 Å². The van der Waals surface area contributed by atoms with Crippen molar-refractivity contribution in [1.82, 2.24) is 10.4 Å². The molecule has 3 rings (SSSR count). The molecule has 3 amide bonds. The minimum absolute atomic E-state index is 0.183. The molecule has 172 valence electrons. The van der Waals surface area contributed by atoms with Gasteiger partial charge in [0.05, 0.1) is 29.2 Å². The number of carbonyl (C=O) groups excluding carboxylic acids is 2.